The zero-order valence-corrected chi connectivity index (χ0v) is 15.0. The van der Waals surface area contributed by atoms with E-state index in [1.807, 2.05) is 49.0 Å². The summed E-state index contributed by atoms with van der Waals surface area (Å²) in [4.78, 5) is 17.1. The number of aromatic nitrogens is 5. The highest BCUT2D eigenvalue weighted by molar-refractivity contribution is 5.80. The molecule has 0 bridgehead atoms. The topological polar surface area (TPSA) is 77.6 Å². The van der Waals surface area contributed by atoms with Gasteiger partial charge in [-0.25, -0.2) is 9.67 Å². The van der Waals surface area contributed by atoms with Gasteiger partial charge in [0.05, 0.1) is 17.9 Å². The van der Waals surface area contributed by atoms with E-state index < -0.39 is 0 Å². The molecule has 1 aliphatic carbocycles. The summed E-state index contributed by atoms with van der Waals surface area (Å²) in [5, 5.41) is 12.0. The monoisotopic (exact) mass is 350 g/mol. The molecule has 0 aromatic carbocycles. The van der Waals surface area contributed by atoms with Crippen LogP contribution in [0.3, 0.4) is 0 Å². The van der Waals surface area contributed by atoms with Gasteiger partial charge in [0.1, 0.15) is 6.04 Å². The molecule has 0 unspecified atom stereocenters. The van der Waals surface area contributed by atoms with Gasteiger partial charge >= 0.3 is 0 Å². The normalized spacial score (nSPS) is 17.5. The van der Waals surface area contributed by atoms with Crippen molar-refractivity contribution in [2.75, 3.05) is 0 Å². The van der Waals surface area contributed by atoms with Gasteiger partial charge in [-0.2, -0.15) is 10.2 Å². The fourth-order valence-corrected chi connectivity index (χ4v) is 3.57. The number of nitrogens with one attached hydrogen (secondary N) is 1. The van der Waals surface area contributed by atoms with Crippen LogP contribution in [0.1, 0.15) is 48.8 Å². The number of amides is 1. The van der Waals surface area contributed by atoms with E-state index in [2.05, 4.69) is 20.5 Å². The van der Waals surface area contributed by atoms with Gasteiger partial charge in [-0.05, 0) is 51.3 Å². The number of carbonyl (C=O) groups is 1. The van der Waals surface area contributed by atoms with Crippen molar-refractivity contribution in [2.45, 2.75) is 45.2 Å². The largest absolute Gasteiger partial charge is 0.347 e. The Balaban J connectivity index is 1.56. The fraction of sp³-hybridized carbons (Fsp3) is 0.368. The third-order valence-corrected chi connectivity index (χ3v) is 4.98. The van der Waals surface area contributed by atoms with Crippen molar-refractivity contribution in [3.63, 3.8) is 0 Å². The van der Waals surface area contributed by atoms with Crippen molar-refractivity contribution < 1.29 is 4.79 Å². The summed E-state index contributed by atoms with van der Waals surface area (Å²) in [6, 6.07) is 7.31. The van der Waals surface area contributed by atoms with Crippen LogP contribution in [-0.2, 0) is 11.2 Å². The fourth-order valence-electron chi connectivity index (χ4n) is 3.57. The Morgan fingerprint density at radius 1 is 1.27 bits per heavy atom. The molecule has 3 aromatic rings. The molecule has 7 heteroatoms. The summed E-state index contributed by atoms with van der Waals surface area (Å²) in [6.07, 6.45) is 8.20. The predicted molar refractivity (Wildman–Crippen MR) is 96.9 cm³/mol. The van der Waals surface area contributed by atoms with Gasteiger partial charge in [0.25, 0.3) is 0 Å². The average Bonchev–Trinajstić information content (AvgIpc) is 3.28. The molecule has 4 rings (SSSR count). The molecule has 134 valence electrons. The van der Waals surface area contributed by atoms with Crippen molar-refractivity contribution in [3.05, 3.63) is 59.8 Å². The van der Waals surface area contributed by atoms with Crippen LogP contribution in [0.5, 0.6) is 0 Å². The molecule has 1 amide bonds. The number of rotatable bonds is 4. The number of aryl methyl sites for hydroxylation is 1. The maximum absolute atomic E-state index is 12.7. The quantitative estimate of drug-likeness (QED) is 0.784. The molecular weight excluding hydrogens is 328 g/mol. The molecule has 0 aliphatic heterocycles. The third kappa shape index (κ3) is 2.89. The molecule has 1 aliphatic rings. The van der Waals surface area contributed by atoms with Crippen molar-refractivity contribution in [1.82, 2.24) is 29.9 Å². The van der Waals surface area contributed by atoms with Crippen LogP contribution < -0.4 is 5.32 Å². The van der Waals surface area contributed by atoms with Crippen molar-refractivity contribution in [3.8, 4) is 5.82 Å². The zero-order valence-electron chi connectivity index (χ0n) is 15.0. The highest BCUT2D eigenvalue weighted by atomic mass is 16.2. The molecule has 2 atom stereocenters. The van der Waals surface area contributed by atoms with Crippen LogP contribution >= 0.6 is 0 Å². The molecule has 0 radical (unpaired) electrons. The molecular formula is C19H22N6O. The van der Waals surface area contributed by atoms with E-state index in [1.165, 1.54) is 0 Å². The minimum Gasteiger partial charge on any atom is -0.347 e. The Kier molecular flexibility index (Phi) is 4.28. The number of nitrogens with zero attached hydrogens (tertiary/aromatic N) is 5. The second kappa shape index (κ2) is 6.74. The van der Waals surface area contributed by atoms with Crippen LogP contribution in [-0.4, -0.2) is 30.5 Å². The highest BCUT2D eigenvalue weighted by Crippen LogP contribution is 2.31. The average molecular weight is 350 g/mol. The number of hydrogen-bond acceptors (Lipinski definition) is 4. The maximum atomic E-state index is 12.7. The standard InChI is InChI=1S/C19H22N6O/c1-13-9-11-21-24(13)14(2)19(26)23-16-6-5-7-17-15(16)12-22-25(17)18-8-3-4-10-20-18/h3-4,8-12,14,16H,5-7H2,1-2H3,(H,23,26)/t14-,16+/m0/s1. The molecule has 3 aromatic heterocycles. The molecule has 3 heterocycles. The number of pyridine rings is 1. The Hall–Kier alpha value is -2.96. The summed E-state index contributed by atoms with van der Waals surface area (Å²) < 4.78 is 3.63. The minimum atomic E-state index is -0.346. The van der Waals surface area contributed by atoms with E-state index in [9.17, 15) is 4.79 Å². The van der Waals surface area contributed by atoms with E-state index in [0.717, 1.165) is 42.0 Å². The van der Waals surface area contributed by atoms with Crippen LogP contribution in [0, 0.1) is 6.92 Å². The molecule has 1 N–H and O–H groups in total. The van der Waals surface area contributed by atoms with Gasteiger partial charge in [0, 0.05) is 23.7 Å². The lowest BCUT2D eigenvalue weighted by Crippen LogP contribution is -2.36. The Labute approximate surface area is 152 Å². The second-order valence-corrected chi connectivity index (χ2v) is 6.69. The van der Waals surface area contributed by atoms with Gasteiger partial charge in [-0.3, -0.25) is 9.48 Å². The Morgan fingerprint density at radius 2 is 2.15 bits per heavy atom. The molecule has 26 heavy (non-hydrogen) atoms. The molecule has 0 saturated carbocycles. The van der Waals surface area contributed by atoms with Crippen LogP contribution in [0.4, 0.5) is 0 Å². The van der Waals surface area contributed by atoms with Crippen molar-refractivity contribution in [2.24, 2.45) is 0 Å². The number of fused-ring (bicyclic) bond motifs is 1. The first-order chi connectivity index (χ1) is 12.6. The lowest BCUT2D eigenvalue weighted by atomic mass is 9.92. The summed E-state index contributed by atoms with van der Waals surface area (Å²) in [7, 11) is 0. The van der Waals surface area contributed by atoms with E-state index in [1.54, 1.807) is 17.1 Å². The van der Waals surface area contributed by atoms with Gasteiger partial charge in [0.15, 0.2) is 5.82 Å². The smallest absolute Gasteiger partial charge is 0.245 e. The second-order valence-electron chi connectivity index (χ2n) is 6.69. The lowest BCUT2D eigenvalue weighted by Gasteiger charge is -2.25. The first-order valence-corrected chi connectivity index (χ1v) is 8.94. The van der Waals surface area contributed by atoms with Gasteiger partial charge < -0.3 is 5.32 Å². The van der Waals surface area contributed by atoms with Crippen molar-refractivity contribution >= 4 is 5.91 Å². The van der Waals surface area contributed by atoms with Crippen LogP contribution in [0.2, 0.25) is 0 Å². The van der Waals surface area contributed by atoms with Crippen LogP contribution in [0.25, 0.3) is 5.82 Å². The van der Waals surface area contributed by atoms with Crippen LogP contribution in [0.15, 0.2) is 42.9 Å². The van der Waals surface area contributed by atoms with E-state index in [0.29, 0.717) is 0 Å². The van der Waals surface area contributed by atoms with Crippen molar-refractivity contribution in [1.29, 1.82) is 0 Å². The molecule has 0 saturated heterocycles. The molecule has 7 nitrogen and oxygen atoms in total. The minimum absolute atomic E-state index is 0.0259. The maximum Gasteiger partial charge on any atom is 0.245 e. The number of carbonyl (C=O) groups excluding carboxylic acids is 1. The third-order valence-electron chi connectivity index (χ3n) is 4.98. The molecule has 0 spiro atoms. The summed E-state index contributed by atoms with van der Waals surface area (Å²) in [5.74, 6) is 0.779. The predicted octanol–water partition coefficient (Wildman–Crippen LogP) is 2.53. The van der Waals surface area contributed by atoms with Gasteiger partial charge in [-0.15, -0.1) is 0 Å². The first-order valence-electron chi connectivity index (χ1n) is 8.94. The summed E-state index contributed by atoms with van der Waals surface area (Å²) in [6.45, 7) is 3.82. The Morgan fingerprint density at radius 3 is 2.88 bits per heavy atom. The zero-order chi connectivity index (χ0) is 18.1. The van der Waals surface area contributed by atoms with E-state index in [-0.39, 0.29) is 18.0 Å². The van der Waals surface area contributed by atoms with E-state index in [4.69, 9.17) is 0 Å². The lowest BCUT2D eigenvalue weighted by molar-refractivity contribution is -0.125. The summed E-state index contributed by atoms with van der Waals surface area (Å²) in [5.41, 5.74) is 3.18. The van der Waals surface area contributed by atoms with Gasteiger partial charge in [-0.1, -0.05) is 6.07 Å². The molecule has 0 fully saturated rings. The van der Waals surface area contributed by atoms with Gasteiger partial charge in [0.2, 0.25) is 5.91 Å². The highest BCUT2D eigenvalue weighted by Gasteiger charge is 2.28. The SMILES string of the molecule is Cc1ccnn1[C@@H](C)C(=O)N[C@@H]1CCCc2c1cnn2-c1ccccn1. The first kappa shape index (κ1) is 16.5. The van der Waals surface area contributed by atoms with E-state index >= 15 is 0 Å². The Bertz CT molecular complexity index is 913. The number of hydrogen-bond donors (Lipinski definition) is 1. The summed E-state index contributed by atoms with van der Waals surface area (Å²) >= 11 is 0.